The minimum Gasteiger partial charge on any atom is -0.368 e. The first-order valence-corrected chi connectivity index (χ1v) is 8.70. The van der Waals surface area contributed by atoms with Crippen LogP contribution >= 0.6 is 11.3 Å². The van der Waals surface area contributed by atoms with Gasteiger partial charge in [-0.05, 0) is 24.8 Å². The first-order chi connectivity index (χ1) is 11.0. The number of nitrogen functional groups attached to an aromatic ring is 1. The fourth-order valence-electron chi connectivity index (χ4n) is 2.18. The molecule has 6 nitrogen and oxygen atoms in total. The molecule has 7 heteroatoms. The number of amides is 1. The Morgan fingerprint density at radius 2 is 2.09 bits per heavy atom. The predicted molar refractivity (Wildman–Crippen MR) is 92.5 cm³/mol. The zero-order chi connectivity index (χ0) is 16.8. The van der Waals surface area contributed by atoms with Gasteiger partial charge in [0.25, 0.3) is 5.91 Å². The summed E-state index contributed by atoms with van der Waals surface area (Å²) in [4.78, 5) is 24.9. The number of rotatable bonds is 7. The molecule has 1 amide bonds. The summed E-state index contributed by atoms with van der Waals surface area (Å²) in [5, 5.41) is 6.02. The third-order valence-corrected chi connectivity index (χ3v) is 4.26. The predicted octanol–water partition coefficient (Wildman–Crippen LogP) is 2.25. The number of hydrogen-bond acceptors (Lipinski definition) is 6. The molecule has 2 heterocycles. The van der Waals surface area contributed by atoms with Gasteiger partial charge in [0.2, 0.25) is 5.95 Å². The highest BCUT2D eigenvalue weighted by molar-refractivity contribution is 7.09. The Hall–Kier alpha value is -2.02. The summed E-state index contributed by atoms with van der Waals surface area (Å²) in [7, 11) is 0. The Balaban J connectivity index is 1.93. The third-order valence-electron chi connectivity index (χ3n) is 3.21. The first kappa shape index (κ1) is 17.3. The van der Waals surface area contributed by atoms with Crippen molar-refractivity contribution < 1.29 is 4.79 Å². The van der Waals surface area contributed by atoms with Gasteiger partial charge in [0.05, 0.1) is 10.7 Å². The van der Waals surface area contributed by atoms with Crippen LogP contribution in [0.25, 0.3) is 0 Å². The van der Waals surface area contributed by atoms with E-state index >= 15 is 0 Å². The average Bonchev–Trinajstić information content (AvgIpc) is 2.93. The van der Waals surface area contributed by atoms with E-state index in [1.807, 2.05) is 5.38 Å². The number of nitrogens with zero attached hydrogens (tertiary/aromatic N) is 3. The molecule has 0 aliphatic rings. The van der Waals surface area contributed by atoms with Gasteiger partial charge in [0.1, 0.15) is 5.69 Å². The molecule has 0 atom stereocenters. The molecule has 0 aliphatic heterocycles. The zero-order valence-corrected chi connectivity index (χ0v) is 14.6. The molecule has 0 aliphatic carbocycles. The lowest BCUT2D eigenvalue weighted by atomic mass is 10.1. The SMILES string of the molecule is CCc1nc(CCNC(=O)c2cc(CC(C)C)nc(N)n2)cs1. The quantitative estimate of drug-likeness (QED) is 0.810. The van der Waals surface area contributed by atoms with Crippen LogP contribution in [0.15, 0.2) is 11.4 Å². The molecule has 3 N–H and O–H groups in total. The van der Waals surface area contributed by atoms with Crippen molar-refractivity contribution in [2.24, 2.45) is 5.92 Å². The van der Waals surface area contributed by atoms with E-state index in [0.29, 0.717) is 24.6 Å². The molecule has 2 aromatic heterocycles. The second kappa shape index (κ2) is 8.01. The lowest BCUT2D eigenvalue weighted by Gasteiger charge is -2.08. The van der Waals surface area contributed by atoms with Crippen LogP contribution in [0.1, 0.15) is 47.7 Å². The molecule has 0 radical (unpaired) electrons. The Bertz CT molecular complexity index is 668. The standard InChI is InChI=1S/C16H23N5OS/c1-4-14-19-11(9-23-14)5-6-18-15(22)13-8-12(7-10(2)3)20-16(17)21-13/h8-10H,4-7H2,1-3H3,(H,18,22)(H2,17,20,21). The summed E-state index contributed by atoms with van der Waals surface area (Å²) in [6, 6.07) is 1.71. The van der Waals surface area contributed by atoms with Crippen LogP contribution < -0.4 is 11.1 Å². The van der Waals surface area contributed by atoms with Crippen molar-refractivity contribution in [2.75, 3.05) is 12.3 Å². The molecular weight excluding hydrogens is 310 g/mol. The van der Waals surface area contributed by atoms with Gasteiger partial charge in [-0.1, -0.05) is 20.8 Å². The normalized spacial score (nSPS) is 11.0. The topological polar surface area (TPSA) is 93.8 Å². The first-order valence-electron chi connectivity index (χ1n) is 7.82. The number of anilines is 1. The molecule has 2 rings (SSSR count). The monoisotopic (exact) mass is 333 g/mol. The number of carbonyl (C=O) groups excluding carboxylic acids is 1. The second-order valence-electron chi connectivity index (χ2n) is 5.79. The van der Waals surface area contributed by atoms with Crippen molar-refractivity contribution in [1.82, 2.24) is 20.3 Å². The van der Waals surface area contributed by atoms with E-state index in [1.54, 1.807) is 17.4 Å². The van der Waals surface area contributed by atoms with Gasteiger partial charge in [0.15, 0.2) is 0 Å². The van der Waals surface area contributed by atoms with Crippen molar-refractivity contribution >= 4 is 23.2 Å². The maximum atomic E-state index is 12.2. The molecule has 23 heavy (non-hydrogen) atoms. The number of nitrogens with one attached hydrogen (secondary N) is 1. The van der Waals surface area contributed by atoms with E-state index in [4.69, 9.17) is 5.73 Å². The van der Waals surface area contributed by atoms with Crippen molar-refractivity contribution in [3.63, 3.8) is 0 Å². The van der Waals surface area contributed by atoms with Crippen LogP contribution in [0.4, 0.5) is 5.95 Å². The summed E-state index contributed by atoms with van der Waals surface area (Å²) >= 11 is 1.65. The van der Waals surface area contributed by atoms with Crippen LogP contribution in [0.5, 0.6) is 0 Å². The van der Waals surface area contributed by atoms with E-state index in [-0.39, 0.29) is 11.9 Å². The Kier molecular flexibility index (Phi) is 6.04. The molecular formula is C16H23N5OS. The molecule has 124 valence electrons. The van der Waals surface area contributed by atoms with E-state index in [1.165, 1.54) is 0 Å². The largest absolute Gasteiger partial charge is 0.368 e. The van der Waals surface area contributed by atoms with Crippen LogP contribution in [-0.4, -0.2) is 27.4 Å². The van der Waals surface area contributed by atoms with Crippen molar-refractivity contribution in [3.05, 3.63) is 33.5 Å². The van der Waals surface area contributed by atoms with Crippen molar-refractivity contribution in [1.29, 1.82) is 0 Å². The number of aryl methyl sites for hydroxylation is 1. The van der Waals surface area contributed by atoms with Crippen molar-refractivity contribution in [2.45, 2.75) is 40.0 Å². The summed E-state index contributed by atoms with van der Waals surface area (Å²) in [6.07, 6.45) is 2.42. The van der Waals surface area contributed by atoms with E-state index in [9.17, 15) is 4.79 Å². The summed E-state index contributed by atoms with van der Waals surface area (Å²) in [5.41, 5.74) is 7.83. The summed E-state index contributed by atoms with van der Waals surface area (Å²) in [5.74, 6) is 0.355. The Morgan fingerprint density at radius 3 is 2.74 bits per heavy atom. The zero-order valence-electron chi connectivity index (χ0n) is 13.8. The number of nitrogens with two attached hydrogens (primary N) is 1. The summed E-state index contributed by atoms with van der Waals surface area (Å²) in [6.45, 7) is 6.79. The molecule has 0 aromatic carbocycles. The Morgan fingerprint density at radius 1 is 1.30 bits per heavy atom. The highest BCUT2D eigenvalue weighted by atomic mass is 32.1. The van der Waals surface area contributed by atoms with E-state index in [0.717, 1.165) is 29.2 Å². The maximum Gasteiger partial charge on any atom is 0.270 e. The minimum atomic E-state index is -0.227. The molecule has 0 unspecified atom stereocenters. The van der Waals surface area contributed by atoms with E-state index < -0.39 is 0 Å². The summed E-state index contributed by atoms with van der Waals surface area (Å²) < 4.78 is 0. The third kappa shape index (κ3) is 5.28. The fraction of sp³-hybridized carbons (Fsp3) is 0.500. The molecule has 0 fully saturated rings. The smallest absolute Gasteiger partial charge is 0.270 e. The Labute approximate surface area is 140 Å². The van der Waals surface area contributed by atoms with Crippen LogP contribution in [0, 0.1) is 5.92 Å². The number of hydrogen-bond donors (Lipinski definition) is 2. The van der Waals surface area contributed by atoms with Gasteiger partial charge in [-0.25, -0.2) is 15.0 Å². The fourth-order valence-corrected chi connectivity index (χ4v) is 2.96. The average molecular weight is 333 g/mol. The molecule has 0 bridgehead atoms. The van der Waals surface area contributed by atoms with Gasteiger partial charge >= 0.3 is 0 Å². The van der Waals surface area contributed by atoms with Gasteiger partial charge in [0, 0.05) is 24.0 Å². The molecule has 0 saturated carbocycles. The lowest BCUT2D eigenvalue weighted by molar-refractivity contribution is 0.0949. The number of aromatic nitrogens is 3. The maximum absolute atomic E-state index is 12.2. The number of thiazole rings is 1. The minimum absolute atomic E-state index is 0.139. The van der Waals surface area contributed by atoms with E-state index in [2.05, 4.69) is 41.0 Å². The van der Waals surface area contributed by atoms with Gasteiger partial charge in [-0.2, -0.15) is 0 Å². The van der Waals surface area contributed by atoms with Gasteiger partial charge < -0.3 is 11.1 Å². The van der Waals surface area contributed by atoms with Crippen LogP contribution in [-0.2, 0) is 19.3 Å². The molecule has 0 spiro atoms. The van der Waals surface area contributed by atoms with Gasteiger partial charge in [-0.15, -0.1) is 11.3 Å². The van der Waals surface area contributed by atoms with Gasteiger partial charge in [-0.3, -0.25) is 4.79 Å². The molecule has 2 aromatic rings. The highest BCUT2D eigenvalue weighted by Gasteiger charge is 2.11. The highest BCUT2D eigenvalue weighted by Crippen LogP contribution is 2.11. The van der Waals surface area contributed by atoms with Crippen LogP contribution in [0.3, 0.4) is 0 Å². The number of carbonyl (C=O) groups is 1. The van der Waals surface area contributed by atoms with Crippen LogP contribution in [0.2, 0.25) is 0 Å². The molecule has 0 saturated heterocycles. The second-order valence-corrected chi connectivity index (χ2v) is 6.74. The van der Waals surface area contributed by atoms with Crippen molar-refractivity contribution in [3.8, 4) is 0 Å². The lowest BCUT2D eigenvalue weighted by Crippen LogP contribution is -2.27.